The number of nitrogens with one attached hydrogen (secondary N) is 4. The van der Waals surface area contributed by atoms with Crippen molar-refractivity contribution >= 4 is 64.3 Å². The van der Waals surface area contributed by atoms with Crippen LogP contribution in [0.15, 0.2) is 42.6 Å². The second-order valence-electron chi connectivity index (χ2n) is 16.5. The number of hydrogen-bond donors (Lipinski definition) is 4. The molecule has 1 atom stereocenters. The van der Waals surface area contributed by atoms with Gasteiger partial charge in [0.2, 0.25) is 23.7 Å². The van der Waals surface area contributed by atoms with Crippen LogP contribution >= 0.6 is 0 Å². The van der Waals surface area contributed by atoms with E-state index in [9.17, 15) is 28.8 Å². The number of imide groups is 1. The number of ether oxygens (including phenoxy) is 1. The maximum atomic E-state index is 15.0. The normalized spacial score (nSPS) is 20.4. The van der Waals surface area contributed by atoms with Crippen molar-refractivity contribution in [1.29, 1.82) is 0 Å². The van der Waals surface area contributed by atoms with Gasteiger partial charge in [0.1, 0.15) is 17.5 Å². The number of benzene rings is 2. The van der Waals surface area contributed by atoms with Gasteiger partial charge in [0, 0.05) is 80.5 Å². The molecule has 5 aliphatic rings. The van der Waals surface area contributed by atoms with Crippen LogP contribution in [0, 0.1) is 0 Å². The van der Waals surface area contributed by atoms with Gasteiger partial charge in [0.05, 0.1) is 25.5 Å². The minimum Gasteiger partial charge on any atom is -0.495 e. The lowest BCUT2D eigenvalue weighted by Crippen LogP contribution is -2.52. The molecule has 4 N–H and O–H groups in total. The predicted octanol–water partition coefficient (Wildman–Crippen LogP) is 3.96. The Hall–Kier alpha value is -6.40. The third kappa shape index (κ3) is 8.56. The monoisotopic (exact) mass is 856 g/mol. The number of carbonyl (C=O) groups is 6. The second kappa shape index (κ2) is 17.5. The Morgan fingerprint density at radius 1 is 0.984 bits per heavy atom. The zero-order chi connectivity index (χ0) is 43.7. The van der Waals surface area contributed by atoms with Crippen molar-refractivity contribution < 1.29 is 42.3 Å². The Morgan fingerprint density at radius 2 is 1.76 bits per heavy atom. The molecule has 4 aliphatic heterocycles. The van der Waals surface area contributed by atoms with E-state index in [1.54, 1.807) is 30.3 Å². The van der Waals surface area contributed by atoms with E-state index >= 15 is 8.78 Å². The summed E-state index contributed by atoms with van der Waals surface area (Å²) >= 11 is 0. The summed E-state index contributed by atoms with van der Waals surface area (Å²) in [6.45, 7) is 0.973. The number of aromatic nitrogens is 2. The molecule has 2 aromatic carbocycles. The van der Waals surface area contributed by atoms with Crippen LogP contribution in [0.3, 0.4) is 0 Å². The SMILES string of the molecule is COc1cc(C(=O)NC2CCN(C(=O)CCCNc3cccc4c3CN(C3CCC(=O)NC3=O)C4=O)CC2)ccc1Nc1ncc2c(n1)N(C1CCCC1)CC(F)(F)C(=O)N2C. The molecular formula is C43H50F2N10O7. The van der Waals surface area contributed by atoms with Gasteiger partial charge in [-0.2, -0.15) is 13.8 Å². The minimum absolute atomic E-state index is 0.0186. The predicted molar refractivity (Wildman–Crippen MR) is 224 cm³/mol. The number of hydrogen-bond acceptors (Lipinski definition) is 12. The fraction of sp³-hybridized carbons (Fsp3) is 0.488. The van der Waals surface area contributed by atoms with Crippen molar-refractivity contribution in [2.24, 2.45) is 0 Å². The molecular weight excluding hydrogens is 807 g/mol. The Kier molecular flexibility index (Phi) is 12.0. The summed E-state index contributed by atoms with van der Waals surface area (Å²) in [5.41, 5.74) is 3.08. The van der Waals surface area contributed by atoms with E-state index in [2.05, 4.69) is 31.2 Å². The van der Waals surface area contributed by atoms with Gasteiger partial charge in [-0.3, -0.25) is 34.1 Å². The summed E-state index contributed by atoms with van der Waals surface area (Å²) in [6, 6.07) is 9.23. The number of alkyl halides is 2. The van der Waals surface area contributed by atoms with E-state index < -0.39 is 30.3 Å². The lowest BCUT2D eigenvalue weighted by atomic mass is 10.0. The number of anilines is 5. The maximum Gasteiger partial charge on any atom is 0.342 e. The van der Waals surface area contributed by atoms with Crippen LogP contribution in [-0.2, 0) is 25.7 Å². The number of nitrogens with zero attached hydrogens (tertiary/aromatic N) is 6. The Labute approximate surface area is 356 Å². The van der Waals surface area contributed by atoms with Gasteiger partial charge < -0.3 is 40.3 Å². The molecule has 17 nitrogen and oxygen atoms in total. The molecule has 0 bridgehead atoms. The molecule has 8 rings (SSSR count). The van der Waals surface area contributed by atoms with Crippen LogP contribution in [0.4, 0.5) is 37.6 Å². The third-order valence-corrected chi connectivity index (χ3v) is 12.5. The summed E-state index contributed by atoms with van der Waals surface area (Å²) in [7, 11) is 2.76. The minimum atomic E-state index is -3.59. The van der Waals surface area contributed by atoms with Crippen LogP contribution in [0.25, 0.3) is 0 Å². The van der Waals surface area contributed by atoms with Crippen LogP contribution in [0.2, 0.25) is 0 Å². The molecule has 2 saturated heterocycles. The summed E-state index contributed by atoms with van der Waals surface area (Å²) in [4.78, 5) is 91.1. The van der Waals surface area contributed by atoms with Crippen molar-refractivity contribution in [3.8, 4) is 5.75 Å². The smallest absolute Gasteiger partial charge is 0.342 e. The van der Waals surface area contributed by atoms with Crippen molar-refractivity contribution in [1.82, 2.24) is 30.4 Å². The Morgan fingerprint density at radius 3 is 2.50 bits per heavy atom. The van der Waals surface area contributed by atoms with Gasteiger partial charge in [-0.1, -0.05) is 18.9 Å². The van der Waals surface area contributed by atoms with E-state index in [1.807, 2.05) is 11.0 Å². The average molecular weight is 857 g/mol. The number of carbonyl (C=O) groups excluding carboxylic acids is 6. The highest BCUT2D eigenvalue weighted by Crippen LogP contribution is 2.40. The molecule has 328 valence electrons. The van der Waals surface area contributed by atoms with Crippen molar-refractivity contribution in [3.05, 3.63) is 59.3 Å². The zero-order valence-electron chi connectivity index (χ0n) is 34.7. The van der Waals surface area contributed by atoms with E-state index in [0.717, 1.165) is 41.8 Å². The molecule has 3 fully saturated rings. The van der Waals surface area contributed by atoms with E-state index in [-0.39, 0.29) is 72.6 Å². The first-order valence-corrected chi connectivity index (χ1v) is 21.1. The number of likely N-dealkylation sites (tertiary alicyclic amines) is 1. The van der Waals surface area contributed by atoms with Gasteiger partial charge in [0.25, 0.3) is 17.7 Å². The second-order valence-corrected chi connectivity index (χ2v) is 16.5. The van der Waals surface area contributed by atoms with Crippen LogP contribution in [0.5, 0.6) is 5.75 Å². The molecule has 1 aliphatic carbocycles. The molecule has 1 unspecified atom stereocenters. The molecule has 5 heterocycles. The lowest BCUT2D eigenvalue weighted by Gasteiger charge is -2.32. The number of fused-ring (bicyclic) bond motifs is 2. The van der Waals surface area contributed by atoms with Crippen LogP contribution in [0.1, 0.15) is 90.5 Å². The van der Waals surface area contributed by atoms with Gasteiger partial charge in [-0.15, -0.1) is 0 Å². The summed E-state index contributed by atoms with van der Waals surface area (Å²) < 4.78 is 35.7. The van der Waals surface area contributed by atoms with E-state index in [0.29, 0.717) is 67.9 Å². The van der Waals surface area contributed by atoms with E-state index in [4.69, 9.17) is 4.74 Å². The van der Waals surface area contributed by atoms with E-state index in [1.165, 1.54) is 30.2 Å². The largest absolute Gasteiger partial charge is 0.495 e. The third-order valence-electron chi connectivity index (χ3n) is 12.5. The first-order chi connectivity index (χ1) is 29.8. The number of piperidine rings is 2. The Bertz CT molecular complexity index is 2280. The van der Waals surface area contributed by atoms with Crippen molar-refractivity contribution in [3.63, 3.8) is 0 Å². The lowest BCUT2D eigenvalue weighted by molar-refractivity contribution is -0.140. The summed E-state index contributed by atoms with van der Waals surface area (Å²) in [6.07, 6.45) is 7.12. The highest BCUT2D eigenvalue weighted by atomic mass is 19.3. The van der Waals surface area contributed by atoms with Crippen LogP contribution < -0.4 is 35.8 Å². The molecule has 0 spiro atoms. The topological polar surface area (TPSA) is 199 Å². The molecule has 3 aromatic rings. The highest BCUT2D eigenvalue weighted by molar-refractivity contribution is 6.06. The standard InChI is InChI=1S/C43H50F2N10O7/c1-52-33-22-47-42(51-37(33)55(27-7-3-4-8-27)24-43(44,45)41(52)61)49-31-13-12-25(21-34(31)62-2)38(58)48-26-16-19-53(20-17-26)36(57)11-6-18-46-30-10-5-9-28-29(30)23-54(40(28)60)32-14-15-35(56)50-39(32)59/h5,9-10,12-13,21-22,26-27,32,46H,3-4,6-8,11,14-20,23-24H2,1-2H3,(H,48,58)(H,47,49,51)(H,50,56,59). The highest BCUT2D eigenvalue weighted by Gasteiger charge is 2.49. The number of methoxy groups -OCH3 is 1. The fourth-order valence-electron chi connectivity index (χ4n) is 9.07. The Balaban J connectivity index is 0.813. The first kappa shape index (κ1) is 42.3. The quantitative estimate of drug-likeness (QED) is 0.151. The molecule has 0 radical (unpaired) electrons. The van der Waals surface area contributed by atoms with Gasteiger partial charge in [0.15, 0.2) is 5.82 Å². The van der Waals surface area contributed by atoms with Gasteiger partial charge >= 0.3 is 5.92 Å². The fourth-order valence-corrected chi connectivity index (χ4v) is 9.07. The summed E-state index contributed by atoms with van der Waals surface area (Å²) in [5, 5.41) is 11.8. The number of amides is 6. The van der Waals surface area contributed by atoms with Gasteiger partial charge in [-0.05, 0) is 68.9 Å². The average Bonchev–Trinajstić information content (AvgIpc) is 3.91. The first-order valence-electron chi connectivity index (χ1n) is 21.1. The molecule has 6 amide bonds. The maximum absolute atomic E-state index is 15.0. The molecule has 1 aromatic heterocycles. The molecule has 62 heavy (non-hydrogen) atoms. The molecule has 1 saturated carbocycles. The molecule has 19 heteroatoms. The zero-order valence-corrected chi connectivity index (χ0v) is 34.7. The van der Waals surface area contributed by atoms with Gasteiger partial charge in [-0.25, -0.2) is 4.98 Å². The number of halogens is 2. The van der Waals surface area contributed by atoms with Crippen molar-refractivity contribution in [2.45, 2.75) is 94.8 Å². The number of rotatable bonds is 12. The van der Waals surface area contributed by atoms with Crippen LogP contribution in [-0.4, -0.2) is 120 Å². The summed E-state index contributed by atoms with van der Waals surface area (Å²) in [5.74, 6) is -5.54. The van der Waals surface area contributed by atoms with Crippen molar-refractivity contribution in [2.75, 3.05) is 60.8 Å².